The quantitative estimate of drug-likeness (QED) is 0.706. The van der Waals surface area contributed by atoms with Gasteiger partial charge in [0, 0.05) is 35.3 Å². The number of pyridine rings is 2. The first-order chi connectivity index (χ1) is 13.5. The highest BCUT2D eigenvalue weighted by Crippen LogP contribution is 2.45. The molecule has 0 unspecified atom stereocenters. The van der Waals surface area contributed by atoms with Gasteiger partial charge in [-0.05, 0) is 55.4 Å². The Kier molecular flexibility index (Phi) is 3.93. The molecule has 2 aliphatic rings. The fourth-order valence-electron chi connectivity index (χ4n) is 4.16. The molecular weight excluding hydrogens is 379 g/mol. The zero-order chi connectivity index (χ0) is 19.6. The molecule has 3 aromatic rings. The van der Waals surface area contributed by atoms with Crippen molar-refractivity contribution in [3.63, 3.8) is 0 Å². The highest BCUT2D eigenvalue weighted by Gasteiger charge is 2.30. The van der Waals surface area contributed by atoms with E-state index in [-0.39, 0.29) is 17.3 Å². The zero-order valence-electron chi connectivity index (χ0n) is 15.3. The molecule has 5 nitrogen and oxygen atoms in total. The highest BCUT2D eigenvalue weighted by molar-refractivity contribution is 7.15. The highest BCUT2D eigenvalue weighted by atomic mass is 32.1. The largest absolute Gasteiger partial charge is 0.477 e. The van der Waals surface area contributed by atoms with Crippen molar-refractivity contribution in [1.82, 2.24) is 9.72 Å². The van der Waals surface area contributed by atoms with Gasteiger partial charge in [0.2, 0.25) is 0 Å². The van der Waals surface area contributed by atoms with Crippen molar-refractivity contribution < 1.29 is 14.3 Å². The molecule has 0 bridgehead atoms. The van der Waals surface area contributed by atoms with Crippen LogP contribution in [0.1, 0.15) is 50.7 Å². The number of aromatic carboxylic acids is 1. The van der Waals surface area contributed by atoms with E-state index in [0.717, 1.165) is 58.5 Å². The van der Waals surface area contributed by atoms with Crippen molar-refractivity contribution in [2.24, 2.45) is 0 Å². The molecule has 7 heteroatoms. The summed E-state index contributed by atoms with van der Waals surface area (Å²) < 4.78 is 16.5. The maximum Gasteiger partial charge on any atom is 0.341 e. The predicted octanol–water partition coefficient (Wildman–Crippen LogP) is 3.70. The monoisotopic (exact) mass is 398 g/mol. The van der Waals surface area contributed by atoms with Gasteiger partial charge in [0.05, 0.1) is 10.4 Å². The Bertz CT molecular complexity index is 1210. The molecule has 0 amide bonds. The van der Waals surface area contributed by atoms with Crippen molar-refractivity contribution in [2.45, 2.75) is 38.6 Å². The number of fused-ring (bicyclic) bond motifs is 2. The van der Waals surface area contributed by atoms with Crippen molar-refractivity contribution in [3.05, 3.63) is 61.6 Å². The second-order valence-corrected chi connectivity index (χ2v) is 8.65. The van der Waals surface area contributed by atoms with Crippen LogP contribution < -0.4 is 10.9 Å². The maximum atomic E-state index is 15.1. The number of carbonyl (C=O) groups is 1. The van der Waals surface area contributed by atoms with E-state index in [0.29, 0.717) is 11.4 Å². The van der Waals surface area contributed by atoms with Gasteiger partial charge < -0.3 is 10.4 Å². The minimum Gasteiger partial charge on any atom is -0.477 e. The Balaban J connectivity index is 1.79. The number of carboxylic acid groups (broad SMARTS) is 1. The average molecular weight is 398 g/mol. The molecule has 1 fully saturated rings. The molecule has 0 saturated heterocycles. The molecule has 0 atom stereocenters. The SMILES string of the molecule is Cc1c(-c2sc3c(c2F)CNCC3)ccn2c(=O)c(C(=O)O)cc(C3CC3)c12. The summed E-state index contributed by atoms with van der Waals surface area (Å²) in [7, 11) is 0. The van der Waals surface area contributed by atoms with E-state index in [1.165, 1.54) is 21.8 Å². The van der Waals surface area contributed by atoms with Gasteiger partial charge in [0.25, 0.3) is 5.56 Å². The fourth-order valence-corrected chi connectivity index (χ4v) is 5.44. The van der Waals surface area contributed by atoms with E-state index < -0.39 is 11.5 Å². The average Bonchev–Trinajstić information content (AvgIpc) is 3.47. The number of aryl methyl sites for hydroxylation is 1. The normalized spacial score (nSPS) is 16.4. The summed E-state index contributed by atoms with van der Waals surface area (Å²) in [5, 5.41) is 12.6. The lowest BCUT2D eigenvalue weighted by Crippen LogP contribution is -2.23. The molecular formula is C21H19FN2O3S. The third-order valence-electron chi connectivity index (χ3n) is 5.76. The summed E-state index contributed by atoms with van der Waals surface area (Å²) in [5.74, 6) is -1.14. The third kappa shape index (κ3) is 2.53. The Labute approximate surface area is 164 Å². The van der Waals surface area contributed by atoms with Crippen LogP contribution in [0, 0.1) is 12.7 Å². The number of rotatable bonds is 3. The van der Waals surface area contributed by atoms with Gasteiger partial charge in [0.1, 0.15) is 11.4 Å². The summed E-state index contributed by atoms with van der Waals surface area (Å²) in [5.41, 5.74) is 3.18. The first-order valence-electron chi connectivity index (χ1n) is 9.40. The third-order valence-corrected chi connectivity index (χ3v) is 7.06. The van der Waals surface area contributed by atoms with Crippen LogP contribution in [0.25, 0.3) is 16.0 Å². The Morgan fingerprint density at radius 2 is 2.18 bits per heavy atom. The number of carboxylic acids is 1. The molecule has 0 radical (unpaired) electrons. The molecule has 0 aromatic carbocycles. The lowest BCUT2D eigenvalue weighted by atomic mass is 9.99. The molecule has 1 aliphatic heterocycles. The van der Waals surface area contributed by atoms with Gasteiger partial charge >= 0.3 is 5.97 Å². The summed E-state index contributed by atoms with van der Waals surface area (Å²) in [6, 6.07) is 3.26. The first-order valence-corrected chi connectivity index (χ1v) is 10.2. The molecule has 0 spiro atoms. The number of nitrogens with one attached hydrogen (secondary N) is 1. The zero-order valence-corrected chi connectivity index (χ0v) is 16.2. The molecule has 28 heavy (non-hydrogen) atoms. The van der Waals surface area contributed by atoms with Gasteiger partial charge in [-0.1, -0.05) is 0 Å². The second kappa shape index (κ2) is 6.25. The van der Waals surface area contributed by atoms with Crippen molar-refractivity contribution in [1.29, 1.82) is 0 Å². The molecule has 144 valence electrons. The van der Waals surface area contributed by atoms with Crippen LogP contribution in [0.2, 0.25) is 0 Å². The van der Waals surface area contributed by atoms with Gasteiger partial charge in [-0.15, -0.1) is 11.3 Å². The number of thiophene rings is 1. The molecule has 3 aromatic heterocycles. The minimum atomic E-state index is -1.22. The van der Waals surface area contributed by atoms with E-state index in [9.17, 15) is 14.7 Å². The van der Waals surface area contributed by atoms with Gasteiger partial charge in [0.15, 0.2) is 0 Å². The van der Waals surface area contributed by atoms with Crippen LogP contribution in [0.4, 0.5) is 4.39 Å². The van der Waals surface area contributed by atoms with Crippen LogP contribution in [-0.2, 0) is 13.0 Å². The molecule has 1 aliphatic carbocycles. The van der Waals surface area contributed by atoms with E-state index in [2.05, 4.69) is 5.32 Å². The standard InChI is InChI=1S/C21H19FN2O3S/c1-10-12(19-17(22)15-9-23-6-4-16(15)28-19)5-7-24-18(10)13(11-2-3-11)8-14(20(24)25)21(26)27/h5,7-8,11,23H,2-4,6,9H2,1H3,(H,26,27). The number of aromatic nitrogens is 1. The van der Waals surface area contributed by atoms with E-state index in [1.807, 2.05) is 6.92 Å². The molecule has 2 N–H and O–H groups in total. The van der Waals surface area contributed by atoms with Crippen molar-refractivity contribution in [2.75, 3.05) is 6.54 Å². The number of halogens is 1. The van der Waals surface area contributed by atoms with Gasteiger partial charge in [-0.2, -0.15) is 0 Å². The Morgan fingerprint density at radius 3 is 2.86 bits per heavy atom. The van der Waals surface area contributed by atoms with Crippen LogP contribution in [0.5, 0.6) is 0 Å². The van der Waals surface area contributed by atoms with Gasteiger partial charge in [-0.25, -0.2) is 9.18 Å². The lowest BCUT2D eigenvalue weighted by molar-refractivity contribution is 0.0694. The molecule has 4 heterocycles. The molecule has 5 rings (SSSR count). The number of hydrogen-bond donors (Lipinski definition) is 2. The lowest BCUT2D eigenvalue weighted by Gasteiger charge is -2.14. The van der Waals surface area contributed by atoms with E-state index in [1.54, 1.807) is 12.3 Å². The fraction of sp³-hybridized carbons (Fsp3) is 0.333. The summed E-state index contributed by atoms with van der Waals surface area (Å²) in [6.45, 7) is 3.29. The maximum absolute atomic E-state index is 15.1. The molecule has 1 saturated carbocycles. The van der Waals surface area contributed by atoms with Crippen LogP contribution in [0.15, 0.2) is 23.1 Å². The Morgan fingerprint density at radius 1 is 1.39 bits per heavy atom. The van der Waals surface area contributed by atoms with Crippen molar-refractivity contribution in [3.8, 4) is 10.4 Å². The Hall–Kier alpha value is -2.51. The summed E-state index contributed by atoms with van der Waals surface area (Å²) in [6.07, 6.45) is 4.36. The number of nitrogens with zero attached hydrogens (tertiary/aromatic N) is 1. The van der Waals surface area contributed by atoms with Crippen molar-refractivity contribution >= 4 is 22.8 Å². The van der Waals surface area contributed by atoms with E-state index in [4.69, 9.17) is 0 Å². The summed E-state index contributed by atoms with van der Waals surface area (Å²) in [4.78, 5) is 25.9. The topological polar surface area (TPSA) is 70.8 Å². The van der Waals surface area contributed by atoms with Crippen LogP contribution in [0.3, 0.4) is 0 Å². The van der Waals surface area contributed by atoms with E-state index >= 15 is 4.39 Å². The summed E-state index contributed by atoms with van der Waals surface area (Å²) >= 11 is 1.48. The first kappa shape index (κ1) is 17.6. The van der Waals surface area contributed by atoms with Crippen LogP contribution >= 0.6 is 11.3 Å². The predicted molar refractivity (Wildman–Crippen MR) is 106 cm³/mol. The van der Waals surface area contributed by atoms with Crippen LogP contribution in [-0.4, -0.2) is 22.0 Å². The second-order valence-electron chi connectivity index (χ2n) is 7.54. The minimum absolute atomic E-state index is 0.183. The van der Waals surface area contributed by atoms with Gasteiger partial charge in [-0.3, -0.25) is 9.20 Å². The number of hydrogen-bond acceptors (Lipinski definition) is 4. The smallest absolute Gasteiger partial charge is 0.341 e.